The van der Waals surface area contributed by atoms with E-state index in [1.54, 1.807) is 52.1 Å². The van der Waals surface area contributed by atoms with Crippen LogP contribution >= 0.6 is 11.3 Å². The number of thiazole rings is 1. The van der Waals surface area contributed by atoms with Crippen molar-refractivity contribution < 1.29 is 33.3 Å². The fourth-order valence-corrected chi connectivity index (χ4v) is 3.72. The van der Waals surface area contributed by atoms with Gasteiger partial charge in [-0.25, -0.2) is 9.78 Å². The average Bonchev–Trinajstić information content (AvgIpc) is 3.24. The molecule has 0 atom stereocenters. The third-order valence-corrected chi connectivity index (χ3v) is 5.59. The van der Waals surface area contributed by atoms with E-state index in [4.69, 9.17) is 18.9 Å². The van der Waals surface area contributed by atoms with Crippen molar-refractivity contribution in [2.75, 3.05) is 58.0 Å². The molecule has 2 rings (SSSR count). The molecule has 0 aliphatic rings. The zero-order valence-corrected chi connectivity index (χ0v) is 23.5. The summed E-state index contributed by atoms with van der Waals surface area (Å²) in [5.74, 6) is -0.505. The number of anilines is 1. The molecule has 1 aromatic carbocycles. The maximum atomic E-state index is 12.5. The molecule has 3 N–H and O–H groups in total. The molecule has 2 aromatic rings. The highest BCUT2D eigenvalue weighted by Gasteiger charge is 2.16. The Balaban J connectivity index is 1.50. The number of carbonyl (C=O) groups excluding carboxylic acids is 3. The molecule has 0 aliphatic heterocycles. The number of carbonyl (C=O) groups is 3. The first-order chi connectivity index (χ1) is 18.0. The van der Waals surface area contributed by atoms with Crippen LogP contribution in [0.3, 0.4) is 0 Å². The fraction of sp³-hybridized carbons (Fsp3) is 0.538. The Morgan fingerprint density at radius 3 is 2.03 bits per heavy atom. The van der Waals surface area contributed by atoms with E-state index >= 15 is 0 Å². The number of ether oxygens (including phenoxy) is 4. The van der Waals surface area contributed by atoms with Crippen molar-refractivity contribution >= 4 is 34.4 Å². The number of aryl methyl sites for hydroxylation is 2. The lowest BCUT2D eigenvalue weighted by Gasteiger charge is -2.19. The first kappa shape index (κ1) is 31.2. The molecule has 0 aliphatic carbocycles. The van der Waals surface area contributed by atoms with Gasteiger partial charge in [0, 0.05) is 35.3 Å². The van der Waals surface area contributed by atoms with Gasteiger partial charge in [-0.15, -0.1) is 11.3 Å². The Morgan fingerprint density at radius 1 is 0.868 bits per heavy atom. The average molecular weight is 551 g/mol. The highest BCUT2D eigenvalue weighted by molar-refractivity contribution is 7.15. The van der Waals surface area contributed by atoms with E-state index in [1.807, 2.05) is 6.92 Å². The van der Waals surface area contributed by atoms with Crippen molar-refractivity contribution in [2.24, 2.45) is 0 Å². The summed E-state index contributed by atoms with van der Waals surface area (Å²) in [4.78, 5) is 41.5. The topological polar surface area (TPSA) is 137 Å². The first-order valence-corrected chi connectivity index (χ1v) is 13.2. The van der Waals surface area contributed by atoms with Gasteiger partial charge in [-0.2, -0.15) is 0 Å². The number of rotatable bonds is 15. The number of alkyl carbamates (subject to hydrolysis) is 1. The van der Waals surface area contributed by atoms with Gasteiger partial charge in [0.2, 0.25) is 0 Å². The lowest BCUT2D eigenvalue weighted by molar-refractivity contribution is 0.0145. The monoisotopic (exact) mass is 550 g/mol. The molecule has 1 aromatic heterocycles. The van der Waals surface area contributed by atoms with E-state index in [0.717, 1.165) is 4.88 Å². The number of amides is 3. The Kier molecular flexibility index (Phi) is 13.1. The van der Waals surface area contributed by atoms with Crippen LogP contribution in [0.1, 0.15) is 51.9 Å². The Hall–Kier alpha value is -3.06. The molecule has 1 heterocycles. The molecule has 0 radical (unpaired) electrons. The molecule has 0 saturated heterocycles. The SMILES string of the molecule is Cc1cnc(NC(=O)c2ccc(C(=O)NCCOCCOCCOCCNC(=O)OC(C)(C)C)cc2C)s1. The molecule has 0 saturated carbocycles. The molecular formula is C26H38N4O7S. The van der Waals surface area contributed by atoms with Crippen LogP contribution in [0.2, 0.25) is 0 Å². The van der Waals surface area contributed by atoms with Gasteiger partial charge in [0.05, 0.1) is 39.6 Å². The highest BCUT2D eigenvalue weighted by Crippen LogP contribution is 2.19. The van der Waals surface area contributed by atoms with Gasteiger partial charge in [-0.1, -0.05) is 0 Å². The zero-order valence-electron chi connectivity index (χ0n) is 22.7. The minimum atomic E-state index is -0.527. The molecule has 0 fully saturated rings. The van der Waals surface area contributed by atoms with E-state index in [1.165, 1.54) is 11.3 Å². The minimum absolute atomic E-state index is 0.242. The summed E-state index contributed by atoms with van der Waals surface area (Å²) in [7, 11) is 0. The maximum Gasteiger partial charge on any atom is 0.407 e. The van der Waals surface area contributed by atoms with Gasteiger partial charge < -0.3 is 29.6 Å². The van der Waals surface area contributed by atoms with Gasteiger partial charge in [0.15, 0.2) is 5.13 Å². The summed E-state index contributed by atoms with van der Waals surface area (Å²) in [6, 6.07) is 4.94. The predicted octanol–water partition coefficient (Wildman–Crippen LogP) is 3.32. The van der Waals surface area contributed by atoms with Crippen molar-refractivity contribution in [3.8, 4) is 0 Å². The number of benzene rings is 1. The molecule has 0 bridgehead atoms. The van der Waals surface area contributed by atoms with E-state index in [0.29, 0.717) is 74.6 Å². The van der Waals surface area contributed by atoms with E-state index in [2.05, 4.69) is 20.9 Å². The Bertz CT molecular complexity index is 1050. The summed E-state index contributed by atoms with van der Waals surface area (Å²) in [6.45, 7) is 12.1. The molecule has 12 heteroatoms. The quantitative estimate of drug-likeness (QED) is 0.287. The number of nitrogens with one attached hydrogen (secondary N) is 3. The van der Waals surface area contributed by atoms with E-state index in [-0.39, 0.29) is 11.8 Å². The normalized spacial score (nSPS) is 11.2. The van der Waals surface area contributed by atoms with Crippen LogP contribution in [0.15, 0.2) is 24.4 Å². The summed E-state index contributed by atoms with van der Waals surface area (Å²) in [5, 5.41) is 8.72. The van der Waals surface area contributed by atoms with Crippen LogP contribution < -0.4 is 16.0 Å². The summed E-state index contributed by atoms with van der Waals surface area (Å²) < 4.78 is 21.4. The van der Waals surface area contributed by atoms with Crippen molar-refractivity contribution in [1.29, 1.82) is 0 Å². The highest BCUT2D eigenvalue weighted by atomic mass is 32.1. The van der Waals surface area contributed by atoms with Crippen molar-refractivity contribution in [3.63, 3.8) is 0 Å². The summed E-state index contributed by atoms with van der Waals surface area (Å²) >= 11 is 1.40. The molecular weight excluding hydrogens is 512 g/mol. The standard InChI is InChI=1S/C26H38N4O7S/c1-18-16-20(6-7-21(18)23(32)30-24-29-17-19(2)38-24)22(31)27-8-10-34-12-14-36-15-13-35-11-9-28-25(33)37-26(3,4)5/h6-7,16-17H,8-15H2,1-5H3,(H,27,31)(H,28,33)(H,29,30,32). The second-order valence-corrected chi connectivity index (χ2v) is 10.5. The first-order valence-electron chi connectivity index (χ1n) is 12.4. The van der Waals surface area contributed by atoms with Crippen LogP contribution in [0.25, 0.3) is 0 Å². The smallest absolute Gasteiger partial charge is 0.407 e. The van der Waals surface area contributed by atoms with Gasteiger partial charge >= 0.3 is 6.09 Å². The van der Waals surface area contributed by atoms with E-state index < -0.39 is 11.7 Å². The molecule has 0 unspecified atom stereocenters. The summed E-state index contributed by atoms with van der Waals surface area (Å²) in [6.07, 6.45) is 1.23. The molecule has 11 nitrogen and oxygen atoms in total. The molecule has 38 heavy (non-hydrogen) atoms. The van der Waals surface area contributed by atoms with Crippen LogP contribution in [0, 0.1) is 13.8 Å². The maximum absolute atomic E-state index is 12.5. The van der Waals surface area contributed by atoms with Crippen LogP contribution in [-0.2, 0) is 18.9 Å². The number of nitrogens with zero attached hydrogens (tertiary/aromatic N) is 1. The number of aromatic nitrogens is 1. The lowest BCUT2D eigenvalue weighted by atomic mass is 10.0. The summed E-state index contributed by atoms with van der Waals surface area (Å²) in [5.41, 5.74) is 1.12. The fourth-order valence-electron chi connectivity index (χ4n) is 3.06. The third kappa shape index (κ3) is 12.5. The van der Waals surface area contributed by atoms with Gasteiger partial charge in [-0.05, 0) is 58.4 Å². The number of hydrogen-bond donors (Lipinski definition) is 3. The van der Waals surface area contributed by atoms with Crippen LogP contribution in [-0.4, -0.2) is 81.2 Å². The Labute approximate surface area is 227 Å². The van der Waals surface area contributed by atoms with Gasteiger partial charge in [0.1, 0.15) is 5.60 Å². The Morgan fingerprint density at radius 2 is 1.47 bits per heavy atom. The number of hydrogen-bond acceptors (Lipinski definition) is 9. The van der Waals surface area contributed by atoms with Crippen molar-refractivity contribution in [2.45, 2.75) is 40.2 Å². The lowest BCUT2D eigenvalue weighted by Crippen LogP contribution is -2.34. The largest absolute Gasteiger partial charge is 0.444 e. The van der Waals surface area contributed by atoms with Crippen molar-refractivity contribution in [3.05, 3.63) is 46.0 Å². The van der Waals surface area contributed by atoms with Crippen LogP contribution in [0.5, 0.6) is 0 Å². The third-order valence-electron chi connectivity index (χ3n) is 4.77. The second kappa shape index (κ2) is 16.0. The van der Waals surface area contributed by atoms with Gasteiger partial charge in [0.25, 0.3) is 11.8 Å². The minimum Gasteiger partial charge on any atom is -0.444 e. The zero-order chi connectivity index (χ0) is 28.0. The molecule has 3 amide bonds. The molecule has 210 valence electrons. The van der Waals surface area contributed by atoms with E-state index in [9.17, 15) is 14.4 Å². The van der Waals surface area contributed by atoms with Crippen molar-refractivity contribution in [1.82, 2.24) is 15.6 Å². The predicted molar refractivity (Wildman–Crippen MR) is 145 cm³/mol. The molecule has 0 spiro atoms. The van der Waals surface area contributed by atoms with Gasteiger partial charge in [-0.3, -0.25) is 14.9 Å². The second-order valence-electron chi connectivity index (χ2n) is 9.28. The van der Waals surface area contributed by atoms with Crippen LogP contribution in [0.4, 0.5) is 9.93 Å².